The number of rotatable bonds is 2. The molecule has 1 aromatic heterocycles. The Hall–Kier alpha value is 0.0600. The average Bonchev–Trinajstić information content (AvgIpc) is 2.62. The maximum atomic E-state index is 5.55. The van der Waals surface area contributed by atoms with E-state index in [0.717, 1.165) is 14.2 Å². The van der Waals surface area contributed by atoms with E-state index in [4.69, 9.17) is 4.74 Å². The number of hydrogen-bond donors (Lipinski definition) is 1. The largest absolute Gasteiger partial charge is 0.493 e. The van der Waals surface area contributed by atoms with Crippen LogP contribution in [0.25, 0.3) is 10.1 Å². The molecule has 0 unspecified atom stereocenters. The molecular formula is C10H9IOS2. The van der Waals surface area contributed by atoms with Crippen molar-refractivity contribution in [2.45, 2.75) is 11.8 Å². The average molecular weight is 336 g/mol. The van der Waals surface area contributed by atoms with Crippen molar-refractivity contribution >= 4 is 56.6 Å². The standard InChI is InChI=1S/C10H9IOS2/c1-2-12-7-5-8-6(3-4-14-8)10(13)9(7)11/h3-5,13H,2H2,1H3. The van der Waals surface area contributed by atoms with Crippen LogP contribution in [0.3, 0.4) is 0 Å². The van der Waals surface area contributed by atoms with Crippen molar-refractivity contribution in [3.8, 4) is 5.75 Å². The molecule has 0 saturated carbocycles. The van der Waals surface area contributed by atoms with E-state index in [9.17, 15) is 0 Å². The molecular weight excluding hydrogens is 327 g/mol. The summed E-state index contributed by atoms with van der Waals surface area (Å²) < 4.78 is 7.88. The third-order valence-electron chi connectivity index (χ3n) is 1.94. The number of thiophene rings is 1. The Bertz CT molecular complexity index is 464. The Morgan fingerprint density at radius 1 is 1.57 bits per heavy atom. The van der Waals surface area contributed by atoms with Crippen molar-refractivity contribution in [3.05, 3.63) is 21.1 Å². The summed E-state index contributed by atoms with van der Waals surface area (Å²) >= 11 is 8.51. The first-order valence-electron chi connectivity index (χ1n) is 4.25. The van der Waals surface area contributed by atoms with Gasteiger partial charge >= 0.3 is 0 Å². The van der Waals surface area contributed by atoms with E-state index in [1.165, 1.54) is 10.1 Å². The SMILES string of the molecule is CCOc1cc2sccc2c(S)c1I. The first kappa shape index (κ1) is 10.6. The fourth-order valence-electron chi connectivity index (χ4n) is 1.31. The number of ether oxygens (including phenoxy) is 1. The minimum absolute atomic E-state index is 0.695. The minimum atomic E-state index is 0.695. The van der Waals surface area contributed by atoms with Gasteiger partial charge in [-0.2, -0.15) is 0 Å². The van der Waals surface area contributed by atoms with Crippen LogP contribution in [-0.4, -0.2) is 6.61 Å². The summed E-state index contributed by atoms with van der Waals surface area (Å²) in [6, 6.07) is 4.19. The number of halogens is 1. The summed E-state index contributed by atoms with van der Waals surface area (Å²) in [4.78, 5) is 1.02. The third-order valence-corrected chi connectivity index (χ3v) is 4.76. The van der Waals surface area contributed by atoms with Gasteiger partial charge in [0.05, 0.1) is 10.2 Å². The Labute approximate surface area is 106 Å². The van der Waals surface area contributed by atoms with E-state index in [1.807, 2.05) is 6.92 Å². The molecule has 0 atom stereocenters. The van der Waals surface area contributed by atoms with Gasteiger partial charge in [-0.05, 0) is 47.0 Å². The molecule has 0 spiro atoms. The van der Waals surface area contributed by atoms with Crippen molar-refractivity contribution in [3.63, 3.8) is 0 Å². The number of fused-ring (bicyclic) bond motifs is 1. The molecule has 2 rings (SSSR count). The predicted octanol–water partition coefficient (Wildman–Crippen LogP) is 4.19. The summed E-state index contributed by atoms with van der Waals surface area (Å²) in [5.74, 6) is 0.938. The quantitative estimate of drug-likeness (QED) is 0.639. The third kappa shape index (κ3) is 1.75. The molecule has 0 aliphatic carbocycles. The zero-order chi connectivity index (χ0) is 10.1. The molecule has 0 bridgehead atoms. The molecule has 0 amide bonds. The van der Waals surface area contributed by atoms with E-state index >= 15 is 0 Å². The van der Waals surface area contributed by atoms with Crippen LogP contribution in [0.15, 0.2) is 22.4 Å². The Morgan fingerprint density at radius 2 is 2.36 bits per heavy atom. The Kier molecular flexibility index (Phi) is 3.23. The highest BCUT2D eigenvalue weighted by molar-refractivity contribution is 14.1. The van der Waals surface area contributed by atoms with Gasteiger partial charge in [0.2, 0.25) is 0 Å². The summed E-state index contributed by atoms with van der Waals surface area (Å²) in [6.07, 6.45) is 0. The molecule has 14 heavy (non-hydrogen) atoms. The summed E-state index contributed by atoms with van der Waals surface area (Å²) in [5.41, 5.74) is 0. The highest BCUT2D eigenvalue weighted by Gasteiger charge is 2.09. The van der Waals surface area contributed by atoms with Crippen LogP contribution in [-0.2, 0) is 0 Å². The lowest BCUT2D eigenvalue weighted by atomic mass is 10.2. The molecule has 1 aromatic carbocycles. The van der Waals surface area contributed by atoms with Crippen LogP contribution in [0.1, 0.15) is 6.92 Å². The van der Waals surface area contributed by atoms with E-state index in [1.54, 1.807) is 11.3 Å². The molecule has 0 aliphatic rings. The van der Waals surface area contributed by atoms with Crippen molar-refractivity contribution in [2.75, 3.05) is 6.61 Å². The van der Waals surface area contributed by atoms with Gasteiger partial charge in [-0.1, -0.05) is 0 Å². The zero-order valence-corrected chi connectivity index (χ0v) is 11.4. The van der Waals surface area contributed by atoms with E-state index in [0.29, 0.717) is 6.61 Å². The molecule has 1 heterocycles. The van der Waals surface area contributed by atoms with Gasteiger partial charge in [0.25, 0.3) is 0 Å². The van der Waals surface area contributed by atoms with Crippen molar-refractivity contribution in [1.82, 2.24) is 0 Å². The van der Waals surface area contributed by atoms with Gasteiger partial charge in [-0.25, -0.2) is 0 Å². The molecule has 0 aliphatic heterocycles. The second-order valence-electron chi connectivity index (χ2n) is 2.80. The van der Waals surface area contributed by atoms with Crippen LogP contribution < -0.4 is 4.74 Å². The number of hydrogen-bond acceptors (Lipinski definition) is 3. The highest BCUT2D eigenvalue weighted by atomic mass is 127. The van der Waals surface area contributed by atoms with Crippen LogP contribution in [0.4, 0.5) is 0 Å². The first-order valence-corrected chi connectivity index (χ1v) is 6.66. The Morgan fingerprint density at radius 3 is 3.07 bits per heavy atom. The van der Waals surface area contributed by atoms with Gasteiger partial charge in [-0.3, -0.25) is 0 Å². The molecule has 0 N–H and O–H groups in total. The van der Waals surface area contributed by atoms with Crippen LogP contribution in [0.5, 0.6) is 5.75 Å². The molecule has 4 heteroatoms. The smallest absolute Gasteiger partial charge is 0.135 e. The fraction of sp³-hybridized carbons (Fsp3) is 0.200. The zero-order valence-electron chi connectivity index (χ0n) is 7.58. The minimum Gasteiger partial charge on any atom is -0.493 e. The molecule has 0 radical (unpaired) electrons. The first-order chi connectivity index (χ1) is 6.74. The normalized spacial score (nSPS) is 10.8. The molecule has 0 fully saturated rings. The van der Waals surface area contributed by atoms with E-state index in [2.05, 4.69) is 52.7 Å². The number of thiol groups is 1. The van der Waals surface area contributed by atoms with Gasteiger partial charge in [0.15, 0.2) is 0 Å². The second kappa shape index (κ2) is 4.28. The van der Waals surface area contributed by atoms with E-state index < -0.39 is 0 Å². The van der Waals surface area contributed by atoms with Crippen LogP contribution in [0.2, 0.25) is 0 Å². The van der Waals surface area contributed by atoms with Crippen LogP contribution >= 0.6 is 46.6 Å². The predicted molar refractivity (Wildman–Crippen MR) is 73.0 cm³/mol. The summed E-state index contributed by atoms with van der Waals surface area (Å²) in [7, 11) is 0. The maximum Gasteiger partial charge on any atom is 0.135 e. The summed E-state index contributed by atoms with van der Waals surface area (Å²) in [5, 5.41) is 3.29. The molecule has 1 nitrogen and oxygen atoms in total. The lowest BCUT2D eigenvalue weighted by molar-refractivity contribution is 0.337. The molecule has 0 saturated heterocycles. The van der Waals surface area contributed by atoms with Crippen LogP contribution in [0, 0.1) is 3.57 Å². The fourth-order valence-corrected chi connectivity index (χ4v) is 3.11. The monoisotopic (exact) mass is 336 g/mol. The Balaban J connectivity index is 2.67. The van der Waals surface area contributed by atoms with Gasteiger partial charge in [0, 0.05) is 15.0 Å². The van der Waals surface area contributed by atoms with Crippen molar-refractivity contribution < 1.29 is 4.74 Å². The van der Waals surface area contributed by atoms with E-state index in [-0.39, 0.29) is 0 Å². The van der Waals surface area contributed by atoms with Gasteiger partial charge in [0.1, 0.15) is 5.75 Å². The lowest BCUT2D eigenvalue weighted by Crippen LogP contribution is -1.94. The topological polar surface area (TPSA) is 9.23 Å². The van der Waals surface area contributed by atoms with Crippen molar-refractivity contribution in [2.24, 2.45) is 0 Å². The van der Waals surface area contributed by atoms with Crippen molar-refractivity contribution in [1.29, 1.82) is 0 Å². The highest BCUT2D eigenvalue weighted by Crippen LogP contribution is 2.36. The molecule has 74 valence electrons. The molecule has 2 aromatic rings. The number of benzene rings is 1. The maximum absolute atomic E-state index is 5.55. The van der Waals surface area contributed by atoms with Gasteiger partial charge in [-0.15, -0.1) is 24.0 Å². The van der Waals surface area contributed by atoms with Gasteiger partial charge < -0.3 is 4.74 Å². The summed E-state index contributed by atoms with van der Waals surface area (Å²) in [6.45, 7) is 2.69. The second-order valence-corrected chi connectivity index (χ2v) is 5.28. The lowest BCUT2D eigenvalue weighted by Gasteiger charge is -2.08.